The van der Waals surface area contributed by atoms with Gasteiger partial charge in [-0.2, -0.15) is 0 Å². The molecule has 0 aromatic heterocycles. The SMILES string of the molecule is CC(C)(C)CC1=Cc2ccccc2C1[Si](=O)[N+](c1ccccc1)(c1ccccc1)C(C)(C)C.[Ti]. The second-order valence-electron chi connectivity index (χ2n) is 11.4. The molecule has 2 nitrogen and oxygen atoms in total. The van der Waals surface area contributed by atoms with E-state index in [1.165, 1.54) is 16.7 Å². The van der Waals surface area contributed by atoms with E-state index >= 15 is 4.46 Å². The van der Waals surface area contributed by atoms with Gasteiger partial charge in [0.2, 0.25) is 0 Å². The molecule has 0 spiro atoms. The maximum absolute atomic E-state index is 15.3. The van der Waals surface area contributed by atoms with E-state index in [-0.39, 0.29) is 38.2 Å². The number of quaternary nitrogens is 1. The summed E-state index contributed by atoms with van der Waals surface area (Å²) in [5, 5.41) is 0. The standard InChI is InChI=1S/C30H36NOSi.Ti/c1-29(2,3)22-24-21-23-15-13-14-20-27(23)28(24)33(32)31(30(4,5)6,25-16-9-7-10-17-25)26-18-11-8-12-19-26;/h7-21,28H,22H2,1-6H3;/q+1;. The predicted octanol–water partition coefficient (Wildman–Crippen LogP) is 8.20. The molecular weight excluding hydrogens is 466 g/mol. The summed E-state index contributed by atoms with van der Waals surface area (Å²) in [6.45, 7) is 13.5. The van der Waals surface area contributed by atoms with Gasteiger partial charge in [0.05, 0.1) is 5.54 Å². The molecule has 1 aliphatic carbocycles. The third kappa shape index (κ3) is 4.77. The molecule has 174 valence electrons. The molecule has 3 aromatic rings. The van der Waals surface area contributed by atoms with Crippen LogP contribution in [0.2, 0.25) is 0 Å². The fourth-order valence-corrected chi connectivity index (χ4v) is 8.34. The van der Waals surface area contributed by atoms with Crippen molar-refractivity contribution in [2.45, 2.75) is 59.0 Å². The van der Waals surface area contributed by atoms with Crippen molar-refractivity contribution in [1.82, 2.24) is 4.15 Å². The van der Waals surface area contributed by atoms with Crippen LogP contribution in [0.1, 0.15) is 64.6 Å². The van der Waals surface area contributed by atoms with Gasteiger partial charge in [-0.05, 0) is 68.0 Å². The Morgan fingerprint density at radius 2 is 1.21 bits per heavy atom. The van der Waals surface area contributed by atoms with E-state index in [1.807, 2.05) is 12.1 Å². The Morgan fingerprint density at radius 1 is 0.735 bits per heavy atom. The number of nitrogens with zero attached hydrogens (tertiary/aromatic N) is 1. The minimum absolute atomic E-state index is 0. The van der Waals surface area contributed by atoms with Crippen LogP contribution in [-0.4, -0.2) is 14.4 Å². The second-order valence-corrected chi connectivity index (χ2v) is 13.3. The topological polar surface area (TPSA) is 17.1 Å². The van der Waals surface area contributed by atoms with Gasteiger partial charge in [-0.25, -0.2) is 0 Å². The van der Waals surface area contributed by atoms with Crippen LogP contribution in [0.15, 0.2) is 90.5 Å². The van der Waals surface area contributed by atoms with E-state index in [2.05, 4.69) is 120 Å². The number of rotatable bonds is 5. The average molecular weight is 503 g/mol. The van der Waals surface area contributed by atoms with Crippen molar-refractivity contribution in [1.29, 1.82) is 0 Å². The molecule has 1 aliphatic rings. The van der Waals surface area contributed by atoms with E-state index in [4.69, 9.17) is 0 Å². The van der Waals surface area contributed by atoms with Gasteiger partial charge in [0.25, 0.3) is 0 Å². The first-order chi connectivity index (χ1) is 15.6. The Balaban J connectivity index is 0.00000324. The minimum atomic E-state index is -2.34. The molecule has 0 bridgehead atoms. The van der Waals surface area contributed by atoms with Gasteiger partial charge in [-0.15, -0.1) is 0 Å². The number of benzene rings is 3. The van der Waals surface area contributed by atoms with Gasteiger partial charge in [0, 0.05) is 21.7 Å². The van der Waals surface area contributed by atoms with E-state index in [0.717, 1.165) is 17.8 Å². The molecule has 0 aliphatic heterocycles. The van der Waals surface area contributed by atoms with Crippen LogP contribution in [0, 0.1) is 5.41 Å². The Labute approximate surface area is 221 Å². The summed E-state index contributed by atoms with van der Waals surface area (Å²) < 4.78 is 15.6. The van der Waals surface area contributed by atoms with Crippen LogP contribution >= 0.6 is 0 Å². The molecule has 0 saturated heterocycles. The third-order valence-corrected chi connectivity index (χ3v) is 9.65. The van der Waals surface area contributed by atoms with Crippen molar-refractivity contribution in [3.8, 4) is 0 Å². The van der Waals surface area contributed by atoms with Crippen LogP contribution in [0.3, 0.4) is 0 Å². The normalized spacial score (nSPS) is 15.8. The van der Waals surface area contributed by atoms with Crippen LogP contribution < -0.4 is 4.15 Å². The van der Waals surface area contributed by atoms with Gasteiger partial charge in [0.1, 0.15) is 16.9 Å². The van der Waals surface area contributed by atoms with Crippen LogP contribution in [-0.2, 0) is 26.2 Å². The predicted molar refractivity (Wildman–Crippen MR) is 142 cm³/mol. The van der Waals surface area contributed by atoms with E-state index in [0.29, 0.717) is 4.15 Å². The van der Waals surface area contributed by atoms with Gasteiger partial charge < -0.3 is 4.46 Å². The Kier molecular flexibility index (Phi) is 7.84. The number of allylic oxidation sites excluding steroid dienone is 1. The first kappa shape index (κ1) is 26.7. The van der Waals surface area contributed by atoms with Crippen molar-refractivity contribution in [3.63, 3.8) is 0 Å². The summed E-state index contributed by atoms with van der Waals surface area (Å²) in [5.41, 5.74) is 5.59. The zero-order valence-electron chi connectivity index (χ0n) is 21.3. The molecule has 1 unspecified atom stereocenters. The van der Waals surface area contributed by atoms with Gasteiger partial charge in [-0.3, -0.25) is 4.15 Å². The smallest absolute Gasteiger partial charge is 0.308 e. The number of hydrogen-bond donors (Lipinski definition) is 0. The maximum Gasteiger partial charge on any atom is 0.576 e. The Hall–Kier alpha value is -1.91. The van der Waals surface area contributed by atoms with Crippen molar-refractivity contribution in [2.24, 2.45) is 5.41 Å². The number of hydrogen-bond acceptors (Lipinski definition) is 1. The van der Waals surface area contributed by atoms with Crippen molar-refractivity contribution in [3.05, 3.63) is 102 Å². The third-order valence-electron chi connectivity index (χ3n) is 6.62. The summed E-state index contributed by atoms with van der Waals surface area (Å²) in [6, 6.07) is 29.5. The molecule has 3 aromatic carbocycles. The van der Waals surface area contributed by atoms with E-state index in [9.17, 15) is 0 Å². The fraction of sp³-hybridized carbons (Fsp3) is 0.333. The van der Waals surface area contributed by atoms with Gasteiger partial charge >= 0.3 is 8.84 Å². The average Bonchev–Trinajstić information content (AvgIpc) is 3.10. The zero-order valence-corrected chi connectivity index (χ0v) is 23.9. The second kappa shape index (κ2) is 9.99. The van der Waals surface area contributed by atoms with Crippen molar-refractivity contribution in [2.75, 3.05) is 0 Å². The molecule has 4 rings (SSSR count). The summed E-state index contributed by atoms with van der Waals surface area (Å²) >= 11 is 0. The zero-order chi connectivity index (χ0) is 23.9. The van der Waals surface area contributed by atoms with Crippen molar-refractivity contribution < 1.29 is 26.2 Å². The molecule has 0 heterocycles. The van der Waals surface area contributed by atoms with E-state index in [1.54, 1.807) is 0 Å². The van der Waals surface area contributed by atoms with Crippen molar-refractivity contribution >= 4 is 26.3 Å². The van der Waals surface area contributed by atoms with Crippen LogP contribution in [0.25, 0.3) is 6.08 Å². The molecule has 0 fully saturated rings. The van der Waals surface area contributed by atoms with Gasteiger partial charge in [-0.1, -0.05) is 93.1 Å². The molecule has 0 radical (unpaired) electrons. The first-order valence-electron chi connectivity index (χ1n) is 11.9. The monoisotopic (exact) mass is 502 g/mol. The summed E-state index contributed by atoms with van der Waals surface area (Å²) in [4.78, 5) is 0. The maximum atomic E-state index is 15.3. The number of para-hydroxylation sites is 2. The summed E-state index contributed by atoms with van der Waals surface area (Å²) in [5.74, 6) is 0. The first-order valence-corrected chi connectivity index (χ1v) is 13.3. The minimum Gasteiger partial charge on any atom is -0.308 e. The fourth-order valence-electron chi connectivity index (χ4n) is 5.45. The van der Waals surface area contributed by atoms with Crippen LogP contribution in [0.4, 0.5) is 11.4 Å². The van der Waals surface area contributed by atoms with Crippen LogP contribution in [0.5, 0.6) is 0 Å². The molecule has 0 amide bonds. The molecular formula is C30H36NOSiTi+. The summed E-state index contributed by atoms with van der Waals surface area (Å²) in [7, 11) is -2.34. The number of fused-ring (bicyclic) bond motifs is 1. The Morgan fingerprint density at radius 3 is 1.68 bits per heavy atom. The van der Waals surface area contributed by atoms with E-state index < -0.39 is 8.84 Å². The molecule has 4 heteroatoms. The molecule has 0 N–H and O–H groups in total. The molecule has 34 heavy (non-hydrogen) atoms. The Bertz CT molecular complexity index is 1130. The molecule has 0 saturated carbocycles. The van der Waals surface area contributed by atoms with Gasteiger partial charge in [0.15, 0.2) is 0 Å². The largest absolute Gasteiger partial charge is 0.576 e. The molecule has 1 atom stereocenters. The summed E-state index contributed by atoms with van der Waals surface area (Å²) in [6.07, 6.45) is 3.23. The quantitative estimate of drug-likeness (QED) is 0.322.